The van der Waals surface area contributed by atoms with Crippen molar-refractivity contribution in [1.82, 2.24) is 0 Å². The molecule has 20 heavy (non-hydrogen) atoms. The average molecular weight is 355 g/mol. The molecule has 1 unspecified atom stereocenters. The Morgan fingerprint density at radius 1 is 1.15 bits per heavy atom. The molecule has 0 fully saturated rings. The van der Waals surface area contributed by atoms with Gasteiger partial charge >= 0.3 is 0 Å². The summed E-state index contributed by atoms with van der Waals surface area (Å²) in [6.45, 7) is 2.37. The number of fused-ring (bicyclic) bond motifs is 1. The molecule has 2 aromatic rings. The molecule has 0 aromatic heterocycles. The summed E-state index contributed by atoms with van der Waals surface area (Å²) >= 11 is 9.62. The van der Waals surface area contributed by atoms with Crippen LogP contribution in [0.4, 0.5) is 5.69 Å². The maximum Gasteiger partial charge on any atom is 0.231 e. The van der Waals surface area contributed by atoms with Gasteiger partial charge in [0.05, 0.1) is 10.7 Å². The summed E-state index contributed by atoms with van der Waals surface area (Å²) in [6, 6.07) is 11.8. The standard InChI is InChI=1S/C15H13BrClNO2/c1-9(18-13-4-3-11(16)7-12(13)17)10-2-5-14-15(6-10)20-8-19-14/h2-7,9,18H,8H2,1H3. The van der Waals surface area contributed by atoms with Gasteiger partial charge in [0, 0.05) is 10.5 Å². The van der Waals surface area contributed by atoms with Crippen molar-refractivity contribution < 1.29 is 9.47 Å². The molecule has 1 N–H and O–H groups in total. The van der Waals surface area contributed by atoms with Crippen molar-refractivity contribution in [3.8, 4) is 11.5 Å². The van der Waals surface area contributed by atoms with Crippen LogP contribution in [0.2, 0.25) is 5.02 Å². The van der Waals surface area contributed by atoms with Crippen molar-refractivity contribution in [2.75, 3.05) is 12.1 Å². The van der Waals surface area contributed by atoms with Gasteiger partial charge in [0.2, 0.25) is 6.79 Å². The Morgan fingerprint density at radius 3 is 2.75 bits per heavy atom. The van der Waals surface area contributed by atoms with Gasteiger partial charge < -0.3 is 14.8 Å². The van der Waals surface area contributed by atoms with Gasteiger partial charge in [-0.15, -0.1) is 0 Å². The highest BCUT2D eigenvalue weighted by Crippen LogP contribution is 2.35. The molecule has 0 saturated heterocycles. The Kier molecular flexibility index (Phi) is 3.76. The number of benzene rings is 2. The second-order valence-corrected chi connectivity index (χ2v) is 5.93. The Labute approximate surface area is 131 Å². The zero-order valence-corrected chi connectivity index (χ0v) is 13.2. The zero-order valence-electron chi connectivity index (χ0n) is 10.8. The van der Waals surface area contributed by atoms with Crippen LogP contribution >= 0.6 is 27.5 Å². The predicted octanol–water partition coefficient (Wildman–Crippen LogP) is 5.00. The van der Waals surface area contributed by atoms with Crippen LogP contribution in [0.3, 0.4) is 0 Å². The minimum atomic E-state index is 0.114. The summed E-state index contributed by atoms with van der Waals surface area (Å²) in [5, 5.41) is 4.08. The Morgan fingerprint density at radius 2 is 1.95 bits per heavy atom. The molecule has 104 valence electrons. The first kappa shape index (κ1) is 13.6. The number of hydrogen-bond acceptors (Lipinski definition) is 3. The van der Waals surface area contributed by atoms with Gasteiger partial charge in [-0.05, 0) is 42.8 Å². The zero-order chi connectivity index (χ0) is 14.1. The van der Waals surface area contributed by atoms with E-state index in [2.05, 4.69) is 28.2 Å². The van der Waals surface area contributed by atoms with Gasteiger partial charge in [-0.2, -0.15) is 0 Å². The molecule has 0 spiro atoms. The molecule has 1 heterocycles. The number of ether oxygens (including phenoxy) is 2. The maximum atomic E-state index is 6.22. The third-order valence-corrected chi connectivity index (χ3v) is 4.01. The van der Waals surface area contributed by atoms with E-state index in [-0.39, 0.29) is 6.04 Å². The highest BCUT2D eigenvalue weighted by molar-refractivity contribution is 9.10. The van der Waals surface area contributed by atoms with Crippen LogP contribution in [0.15, 0.2) is 40.9 Å². The van der Waals surface area contributed by atoms with E-state index in [1.54, 1.807) is 0 Å². The molecule has 1 atom stereocenters. The fourth-order valence-corrected chi connectivity index (χ4v) is 2.83. The van der Waals surface area contributed by atoms with E-state index >= 15 is 0 Å². The van der Waals surface area contributed by atoms with Crippen molar-refractivity contribution in [1.29, 1.82) is 0 Å². The van der Waals surface area contributed by atoms with Crippen molar-refractivity contribution in [3.05, 3.63) is 51.5 Å². The van der Waals surface area contributed by atoms with Crippen LogP contribution in [-0.4, -0.2) is 6.79 Å². The lowest BCUT2D eigenvalue weighted by Gasteiger charge is -2.17. The molecule has 2 aromatic carbocycles. The van der Waals surface area contributed by atoms with Crippen LogP contribution in [0.5, 0.6) is 11.5 Å². The summed E-state index contributed by atoms with van der Waals surface area (Å²) in [5.41, 5.74) is 2.02. The molecular weight excluding hydrogens is 342 g/mol. The molecule has 1 aliphatic heterocycles. The highest BCUT2D eigenvalue weighted by atomic mass is 79.9. The van der Waals surface area contributed by atoms with E-state index in [4.69, 9.17) is 21.1 Å². The van der Waals surface area contributed by atoms with E-state index in [1.165, 1.54) is 0 Å². The second kappa shape index (κ2) is 5.54. The van der Waals surface area contributed by atoms with Gasteiger partial charge in [-0.3, -0.25) is 0 Å². The van der Waals surface area contributed by atoms with E-state index < -0.39 is 0 Å². The summed E-state index contributed by atoms with van der Waals surface area (Å²) in [6.07, 6.45) is 0. The minimum Gasteiger partial charge on any atom is -0.454 e. The van der Waals surface area contributed by atoms with Gasteiger partial charge in [-0.1, -0.05) is 33.6 Å². The van der Waals surface area contributed by atoms with Crippen LogP contribution in [0.25, 0.3) is 0 Å². The average Bonchev–Trinajstić information content (AvgIpc) is 2.89. The lowest BCUT2D eigenvalue weighted by molar-refractivity contribution is 0.174. The van der Waals surface area contributed by atoms with Crippen LogP contribution in [-0.2, 0) is 0 Å². The van der Waals surface area contributed by atoms with Crippen molar-refractivity contribution in [3.63, 3.8) is 0 Å². The van der Waals surface area contributed by atoms with Crippen LogP contribution < -0.4 is 14.8 Å². The first-order valence-corrected chi connectivity index (χ1v) is 7.42. The number of anilines is 1. The molecule has 1 aliphatic rings. The van der Waals surface area contributed by atoms with Crippen molar-refractivity contribution in [2.45, 2.75) is 13.0 Å². The van der Waals surface area contributed by atoms with Crippen molar-refractivity contribution >= 4 is 33.2 Å². The summed E-state index contributed by atoms with van der Waals surface area (Å²) in [5.74, 6) is 1.58. The van der Waals surface area contributed by atoms with Gasteiger partial charge in [0.15, 0.2) is 11.5 Å². The lowest BCUT2D eigenvalue weighted by Crippen LogP contribution is -2.06. The summed E-state index contributed by atoms with van der Waals surface area (Å²) in [4.78, 5) is 0. The van der Waals surface area contributed by atoms with E-state index in [9.17, 15) is 0 Å². The summed E-state index contributed by atoms with van der Waals surface area (Å²) in [7, 11) is 0. The first-order valence-electron chi connectivity index (χ1n) is 6.24. The van der Waals surface area contributed by atoms with Crippen LogP contribution in [0.1, 0.15) is 18.5 Å². The van der Waals surface area contributed by atoms with Crippen LogP contribution in [0, 0.1) is 0 Å². The van der Waals surface area contributed by atoms with Gasteiger partial charge in [0.1, 0.15) is 0 Å². The molecule has 3 nitrogen and oxygen atoms in total. The Balaban J connectivity index is 1.80. The highest BCUT2D eigenvalue weighted by Gasteiger charge is 2.16. The molecule has 0 aliphatic carbocycles. The molecule has 0 radical (unpaired) electrons. The predicted molar refractivity (Wildman–Crippen MR) is 83.8 cm³/mol. The smallest absolute Gasteiger partial charge is 0.231 e. The maximum absolute atomic E-state index is 6.22. The first-order chi connectivity index (χ1) is 9.63. The molecule has 0 bridgehead atoms. The molecule has 0 saturated carbocycles. The molecule has 5 heteroatoms. The Hall–Kier alpha value is -1.39. The van der Waals surface area contributed by atoms with E-state index in [1.807, 2.05) is 36.4 Å². The number of halogens is 2. The van der Waals surface area contributed by atoms with E-state index in [0.29, 0.717) is 11.8 Å². The third-order valence-electron chi connectivity index (χ3n) is 3.20. The third kappa shape index (κ3) is 2.72. The van der Waals surface area contributed by atoms with Gasteiger partial charge in [0.25, 0.3) is 0 Å². The summed E-state index contributed by atoms with van der Waals surface area (Å²) < 4.78 is 11.7. The minimum absolute atomic E-state index is 0.114. The largest absolute Gasteiger partial charge is 0.454 e. The quantitative estimate of drug-likeness (QED) is 0.841. The molecule has 3 rings (SSSR count). The van der Waals surface area contributed by atoms with E-state index in [0.717, 1.165) is 27.2 Å². The molecular formula is C15H13BrClNO2. The SMILES string of the molecule is CC(Nc1ccc(Br)cc1Cl)c1ccc2c(c1)OCO2. The topological polar surface area (TPSA) is 30.5 Å². The Bertz CT molecular complexity index is 648. The fourth-order valence-electron chi connectivity index (χ4n) is 2.11. The number of hydrogen-bond donors (Lipinski definition) is 1. The molecule has 0 amide bonds. The second-order valence-electron chi connectivity index (χ2n) is 4.60. The van der Waals surface area contributed by atoms with Gasteiger partial charge in [-0.25, -0.2) is 0 Å². The fraction of sp³-hybridized carbons (Fsp3) is 0.200. The van der Waals surface area contributed by atoms with Crippen molar-refractivity contribution in [2.24, 2.45) is 0 Å². The monoisotopic (exact) mass is 353 g/mol. The lowest BCUT2D eigenvalue weighted by atomic mass is 10.1. The number of rotatable bonds is 3. The number of nitrogens with one attached hydrogen (secondary N) is 1. The normalized spacial score (nSPS) is 14.2.